The van der Waals surface area contributed by atoms with Crippen molar-refractivity contribution in [3.05, 3.63) is 24.3 Å². The van der Waals surface area contributed by atoms with E-state index in [-0.39, 0.29) is 10.7 Å². The molecule has 1 aromatic rings. The first-order chi connectivity index (χ1) is 7.60. The standard InChI is InChI=1S/C12H16N2OS/c1-12(6-3-7-16-12)11(15)14-10-5-2-4-9(13)8-10/h2,4-5,8H,3,6-7,13H2,1H3,(H,14,15). The van der Waals surface area contributed by atoms with Crippen LogP contribution in [0.4, 0.5) is 11.4 Å². The van der Waals surface area contributed by atoms with E-state index in [2.05, 4.69) is 5.32 Å². The first-order valence-electron chi connectivity index (χ1n) is 5.41. The van der Waals surface area contributed by atoms with Crippen LogP contribution in [0.25, 0.3) is 0 Å². The van der Waals surface area contributed by atoms with Crippen LogP contribution >= 0.6 is 11.8 Å². The molecule has 86 valence electrons. The molecule has 1 unspecified atom stereocenters. The Morgan fingerprint density at radius 3 is 3.00 bits per heavy atom. The lowest BCUT2D eigenvalue weighted by molar-refractivity contribution is -0.118. The van der Waals surface area contributed by atoms with Crippen LogP contribution in [0.3, 0.4) is 0 Å². The molecule has 1 amide bonds. The van der Waals surface area contributed by atoms with E-state index in [0.29, 0.717) is 5.69 Å². The molecule has 0 aliphatic carbocycles. The summed E-state index contributed by atoms with van der Waals surface area (Å²) in [6.07, 6.45) is 2.07. The second kappa shape index (κ2) is 4.37. The topological polar surface area (TPSA) is 55.1 Å². The summed E-state index contributed by atoms with van der Waals surface area (Å²) in [5.74, 6) is 1.15. The second-order valence-corrected chi connectivity index (χ2v) is 5.86. The lowest BCUT2D eigenvalue weighted by Crippen LogP contribution is -2.34. The Hall–Kier alpha value is -1.16. The third-order valence-electron chi connectivity index (χ3n) is 2.84. The van der Waals surface area contributed by atoms with Crippen molar-refractivity contribution in [1.82, 2.24) is 0 Å². The number of amides is 1. The van der Waals surface area contributed by atoms with E-state index in [1.54, 1.807) is 17.8 Å². The fourth-order valence-electron chi connectivity index (χ4n) is 1.84. The molecule has 1 aliphatic heterocycles. The van der Waals surface area contributed by atoms with Crippen molar-refractivity contribution in [2.75, 3.05) is 16.8 Å². The zero-order chi connectivity index (χ0) is 11.6. The highest BCUT2D eigenvalue weighted by Crippen LogP contribution is 2.38. The van der Waals surface area contributed by atoms with Gasteiger partial charge in [-0.25, -0.2) is 0 Å². The van der Waals surface area contributed by atoms with Gasteiger partial charge >= 0.3 is 0 Å². The lowest BCUT2D eigenvalue weighted by Gasteiger charge is -2.21. The number of nitrogens with one attached hydrogen (secondary N) is 1. The van der Waals surface area contributed by atoms with Gasteiger partial charge in [-0.05, 0) is 43.7 Å². The fourth-order valence-corrected chi connectivity index (χ4v) is 3.05. The maximum absolute atomic E-state index is 12.1. The molecule has 3 N–H and O–H groups in total. The maximum Gasteiger partial charge on any atom is 0.240 e. The Bertz CT molecular complexity index is 400. The average Bonchev–Trinajstić information content (AvgIpc) is 2.66. The maximum atomic E-state index is 12.1. The van der Waals surface area contributed by atoms with Crippen LogP contribution < -0.4 is 11.1 Å². The highest BCUT2D eigenvalue weighted by Gasteiger charge is 2.37. The van der Waals surface area contributed by atoms with Gasteiger partial charge in [-0.3, -0.25) is 4.79 Å². The van der Waals surface area contributed by atoms with Crippen LogP contribution in [-0.2, 0) is 4.79 Å². The van der Waals surface area contributed by atoms with Crippen molar-refractivity contribution in [3.63, 3.8) is 0 Å². The normalized spacial score (nSPS) is 24.3. The number of hydrogen-bond acceptors (Lipinski definition) is 3. The number of hydrogen-bond donors (Lipinski definition) is 2. The quantitative estimate of drug-likeness (QED) is 0.776. The van der Waals surface area contributed by atoms with Gasteiger partial charge in [-0.15, -0.1) is 11.8 Å². The number of benzene rings is 1. The minimum absolute atomic E-state index is 0.0839. The fraction of sp³-hybridized carbons (Fsp3) is 0.417. The van der Waals surface area contributed by atoms with Crippen LogP contribution in [0.5, 0.6) is 0 Å². The SMILES string of the molecule is CC1(C(=O)Nc2cccc(N)c2)CCCS1. The average molecular weight is 236 g/mol. The summed E-state index contributed by atoms with van der Waals surface area (Å²) in [5, 5.41) is 2.93. The van der Waals surface area contributed by atoms with Gasteiger partial charge in [0, 0.05) is 11.4 Å². The number of carbonyl (C=O) groups excluding carboxylic acids is 1. The Labute approximate surface area is 99.8 Å². The summed E-state index contributed by atoms with van der Waals surface area (Å²) in [5.41, 5.74) is 7.11. The summed E-state index contributed by atoms with van der Waals surface area (Å²) < 4.78 is -0.273. The number of rotatable bonds is 2. The molecular weight excluding hydrogens is 220 g/mol. The smallest absolute Gasteiger partial charge is 0.240 e. The van der Waals surface area contributed by atoms with Crippen molar-refractivity contribution in [2.24, 2.45) is 0 Å². The Morgan fingerprint density at radius 2 is 2.38 bits per heavy atom. The molecule has 1 heterocycles. The van der Waals surface area contributed by atoms with Crippen molar-refractivity contribution in [3.8, 4) is 0 Å². The number of nitrogens with two attached hydrogens (primary N) is 1. The van der Waals surface area contributed by atoms with Crippen LogP contribution in [0.15, 0.2) is 24.3 Å². The molecule has 0 bridgehead atoms. The third kappa shape index (κ3) is 2.32. The van der Waals surface area contributed by atoms with Gasteiger partial charge in [-0.1, -0.05) is 6.07 Å². The lowest BCUT2D eigenvalue weighted by atomic mass is 10.0. The molecule has 0 spiro atoms. The molecule has 1 aromatic carbocycles. The van der Waals surface area contributed by atoms with E-state index < -0.39 is 0 Å². The summed E-state index contributed by atoms with van der Waals surface area (Å²) in [6.45, 7) is 2.01. The molecule has 4 heteroatoms. The molecule has 1 saturated heterocycles. The molecule has 16 heavy (non-hydrogen) atoms. The van der Waals surface area contributed by atoms with Crippen LogP contribution in [0.1, 0.15) is 19.8 Å². The Kier molecular flexibility index (Phi) is 3.10. The highest BCUT2D eigenvalue weighted by molar-refractivity contribution is 8.01. The van der Waals surface area contributed by atoms with Gasteiger partial charge in [0.1, 0.15) is 0 Å². The Morgan fingerprint density at radius 1 is 1.56 bits per heavy atom. The molecule has 0 saturated carbocycles. The van der Waals surface area contributed by atoms with E-state index in [1.165, 1.54) is 0 Å². The minimum atomic E-state index is -0.273. The van der Waals surface area contributed by atoms with Crippen LogP contribution in [0.2, 0.25) is 0 Å². The largest absolute Gasteiger partial charge is 0.399 e. The van der Waals surface area contributed by atoms with E-state index in [9.17, 15) is 4.79 Å². The van der Waals surface area contributed by atoms with Crippen molar-refractivity contribution in [1.29, 1.82) is 0 Å². The van der Waals surface area contributed by atoms with Crippen molar-refractivity contribution < 1.29 is 4.79 Å². The predicted octanol–water partition coefficient (Wildman–Crippen LogP) is 2.49. The first kappa shape index (κ1) is 11.3. The monoisotopic (exact) mass is 236 g/mol. The molecule has 1 fully saturated rings. The molecular formula is C12H16N2OS. The van der Waals surface area contributed by atoms with Gasteiger partial charge in [-0.2, -0.15) is 0 Å². The number of nitrogen functional groups attached to an aromatic ring is 1. The third-order valence-corrected chi connectivity index (χ3v) is 4.36. The predicted molar refractivity (Wildman–Crippen MR) is 69.6 cm³/mol. The van der Waals surface area contributed by atoms with Gasteiger partial charge < -0.3 is 11.1 Å². The minimum Gasteiger partial charge on any atom is -0.399 e. The molecule has 2 rings (SSSR count). The molecule has 0 aromatic heterocycles. The van der Waals surface area contributed by atoms with Gasteiger partial charge in [0.15, 0.2) is 0 Å². The molecule has 1 atom stereocenters. The van der Waals surface area contributed by atoms with E-state index >= 15 is 0 Å². The summed E-state index contributed by atoms with van der Waals surface area (Å²) in [6, 6.07) is 7.29. The summed E-state index contributed by atoms with van der Waals surface area (Å²) in [7, 11) is 0. The number of carbonyl (C=O) groups is 1. The molecule has 1 aliphatic rings. The number of anilines is 2. The second-order valence-electron chi connectivity index (χ2n) is 4.26. The summed E-state index contributed by atoms with van der Waals surface area (Å²) >= 11 is 1.73. The zero-order valence-electron chi connectivity index (χ0n) is 9.32. The van der Waals surface area contributed by atoms with Gasteiger partial charge in [0.2, 0.25) is 5.91 Å². The van der Waals surface area contributed by atoms with E-state index in [4.69, 9.17) is 5.73 Å². The van der Waals surface area contributed by atoms with Crippen molar-refractivity contribution >= 4 is 29.0 Å². The number of thioether (sulfide) groups is 1. The van der Waals surface area contributed by atoms with Crippen molar-refractivity contribution in [2.45, 2.75) is 24.5 Å². The molecule has 3 nitrogen and oxygen atoms in total. The van der Waals surface area contributed by atoms with E-state index in [1.807, 2.05) is 25.1 Å². The van der Waals surface area contributed by atoms with Crippen LogP contribution in [-0.4, -0.2) is 16.4 Å². The first-order valence-corrected chi connectivity index (χ1v) is 6.40. The Balaban J connectivity index is 2.07. The zero-order valence-corrected chi connectivity index (χ0v) is 10.1. The summed E-state index contributed by atoms with van der Waals surface area (Å²) in [4.78, 5) is 12.1. The van der Waals surface area contributed by atoms with Gasteiger partial charge in [0.25, 0.3) is 0 Å². The molecule has 0 radical (unpaired) electrons. The van der Waals surface area contributed by atoms with Gasteiger partial charge in [0.05, 0.1) is 4.75 Å². The van der Waals surface area contributed by atoms with Crippen LogP contribution in [0, 0.1) is 0 Å². The highest BCUT2D eigenvalue weighted by atomic mass is 32.2. The van der Waals surface area contributed by atoms with E-state index in [0.717, 1.165) is 24.3 Å².